The molecule has 1 aliphatic rings. The van der Waals surface area contributed by atoms with Crippen LogP contribution in [0.25, 0.3) is 0 Å². The van der Waals surface area contributed by atoms with E-state index >= 15 is 0 Å². The molecule has 1 aliphatic heterocycles. The van der Waals surface area contributed by atoms with Gasteiger partial charge in [0.25, 0.3) is 0 Å². The fraction of sp³-hybridized carbons (Fsp3) is 0.571. The number of rotatable bonds is 2. The second-order valence-corrected chi connectivity index (χ2v) is 5.64. The van der Waals surface area contributed by atoms with E-state index in [1.165, 1.54) is 0 Å². The lowest BCUT2D eigenvalue weighted by Gasteiger charge is -2.28. The Hall–Kier alpha value is -1.62. The van der Waals surface area contributed by atoms with E-state index in [-0.39, 0.29) is 0 Å². The molecule has 0 radical (unpaired) electrons. The number of morpholine rings is 1. The first-order chi connectivity index (χ1) is 8.98. The quantitative estimate of drug-likeness (QED) is 0.352. The number of pyridine rings is 1. The van der Waals surface area contributed by atoms with Gasteiger partial charge in [-0.1, -0.05) is 0 Å². The number of nitrogens with zero attached hydrogens (tertiary/aromatic N) is 3. The van der Waals surface area contributed by atoms with E-state index in [0.29, 0.717) is 13.2 Å². The Morgan fingerprint density at radius 2 is 2.05 bits per heavy atom. The fourth-order valence-corrected chi connectivity index (χ4v) is 1.87. The van der Waals surface area contributed by atoms with Gasteiger partial charge in [0, 0.05) is 40.1 Å². The van der Waals surface area contributed by atoms with Gasteiger partial charge in [0.2, 0.25) is 0 Å². The lowest BCUT2D eigenvalue weighted by atomic mass is 10.1. The molecule has 0 spiro atoms. The van der Waals surface area contributed by atoms with Crippen LogP contribution in [0.2, 0.25) is 0 Å². The summed E-state index contributed by atoms with van der Waals surface area (Å²) in [5.74, 6) is 0.857. The fourth-order valence-electron chi connectivity index (χ4n) is 1.87. The van der Waals surface area contributed by atoms with E-state index in [0.717, 1.165) is 29.2 Å². The minimum atomic E-state index is -0.446. The summed E-state index contributed by atoms with van der Waals surface area (Å²) in [6, 6.07) is 3.78. The molecule has 2 heterocycles. The molecule has 104 valence electrons. The van der Waals surface area contributed by atoms with Gasteiger partial charge in [-0.3, -0.25) is 0 Å². The summed E-state index contributed by atoms with van der Waals surface area (Å²) in [6.45, 7) is 8.70. The highest BCUT2D eigenvalue weighted by atomic mass is 16.5. The van der Waals surface area contributed by atoms with Crippen molar-refractivity contribution in [2.45, 2.75) is 26.3 Å². The normalized spacial score (nSPS) is 17.6. The molecule has 5 heteroatoms. The van der Waals surface area contributed by atoms with E-state index in [1.807, 2.05) is 32.9 Å². The standard InChI is InChI=1S/C14H21N3O2/c1-14(2,3)17(18)11-12-5-4-6-15-13(12)16-7-9-19-10-8-16/h4-6,11H,7-10H2,1-3H3. The Kier molecular flexibility index (Phi) is 4.04. The van der Waals surface area contributed by atoms with Gasteiger partial charge in [-0.05, 0) is 12.1 Å². The first kappa shape index (κ1) is 13.8. The van der Waals surface area contributed by atoms with Gasteiger partial charge in [0.05, 0.1) is 18.8 Å². The number of ether oxygens (including phenoxy) is 1. The van der Waals surface area contributed by atoms with E-state index < -0.39 is 5.54 Å². The zero-order chi connectivity index (χ0) is 13.9. The second-order valence-electron chi connectivity index (χ2n) is 5.64. The molecular formula is C14H21N3O2. The van der Waals surface area contributed by atoms with Gasteiger partial charge in [0.1, 0.15) is 5.82 Å². The molecule has 0 amide bonds. The van der Waals surface area contributed by atoms with E-state index in [1.54, 1.807) is 12.4 Å². The van der Waals surface area contributed by atoms with Crippen LogP contribution in [0.15, 0.2) is 18.3 Å². The Morgan fingerprint density at radius 3 is 2.68 bits per heavy atom. The predicted octanol–water partition coefficient (Wildman–Crippen LogP) is 1.65. The summed E-state index contributed by atoms with van der Waals surface area (Å²) in [4.78, 5) is 6.57. The van der Waals surface area contributed by atoms with Crippen molar-refractivity contribution in [3.63, 3.8) is 0 Å². The van der Waals surface area contributed by atoms with Crippen LogP contribution in [0.4, 0.5) is 5.82 Å². The van der Waals surface area contributed by atoms with Gasteiger partial charge in [-0.2, -0.15) is 0 Å². The molecule has 1 fully saturated rings. The Morgan fingerprint density at radius 1 is 1.37 bits per heavy atom. The molecule has 0 saturated carbocycles. The van der Waals surface area contributed by atoms with Crippen molar-refractivity contribution in [2.24, 2.45) is 0 Å². The summed E-state index contributed by atoms with van der Waals surface area (Å²) < 4.78 is 6.32. The molecule has 0 aliphatic carbocycles. The van der Waals surface area contributed by atoms with Crippen molar-refractivity contribution in [3.8, 4) is 0 Å². The maximum atomic E-state index is 12.1. The molecule has 5 nitrogen and oxygen atoms in total. The number of hydrogen-bond acceptors (Lipinski definition) is 4. The maximum absolute atomic E-state index is 12.1. The van der Waals surface area contributed by atoms with Crippen LogP contribution < -0.4 is 4.90 Å². The van der Waals surface area contributed by atoms with Crippen molar-refractivity contribution < 1.29 is 9.48 Å². The van der Waals surface area contributed by atoms with Crippen LogP contribution in [0, 0.1) is 5.21 Å². The predicted molar refractivity (Wildman–Crippen MR) is 75.8 cm³/mol. The molecule has 1 aromatic rings. The third kappa shape index (κ3) is 3.44. The molecule has 1 aromatic heterocycles. The van der Waals surface area contributed by atoms with Crippen LogP contribution >= 0.6 is 0 Å². The van der Waals surface area contributed by atoms with Crippen molar-refractivity contribution in [2.75, 3.05) is 31.2 Å². The molecule has 19 heavy (non-hydrogen) atoms. The molecule has 0 unspecified atom stereocenters. The topological polar surface area (TPSA) is 51.4 Å². The molecular weight excluding hydrogens is 242 g/mol. The molecule has 0 N–H and O–H groups in total. The molecule has 0 atom stereocenters. The third-order valence-electron chi connectivity index (χ3n) is 3.04. The van der Waals surface area contributed by atoms with Crippen LogP contribution in [-0.2, 0) is 4.74 Å². The monoisotopic (exact) mass is 263 g/mol. The molecule has 2 rings (SSSR count). The Bertz CT molecular complexity index is 460. The molecule has 0 bridgehead atoms. The van der Waals surface area contributed by atoms with Gasteiger partial charge in [0.15, 0.2) is 11.8 Å². The summed E-state index contributed by atoms with van der Waals surface area (Å²) in [5.41, 5.74) is 0.410. The zero-order valence-electron chi connectivity index (χ0n) is 11.8. The number of aromatic nitrogens is 1. The third-order valence-corrected chi connectivity index (χ3v) is 3.04. The Labute approximate surface area is 114 Å². The summed E-state index contributed by atoms with van der Waals surface area (Å²) >= 11 is 0. The Balaban J connectivity index is 2.30. The zero-order valence-corrected chi connectivity index (χ0v) is 11.8. The largest absolute Gasteiger partial charge is 0.623 e. The number of hydrogen-bond donors (Lipinski definition) is 0. The van der Waals surface area contributed by atoms with Gasteiger partial charge < -0.3 is 14.8 Å². The molecule has 0 aromatic carbocycles. The summed E-state index contributed by atoms with van der Waals surface area (Å²) in [7, 11) is 0. The number of hydroxylamine groups is 1. The smallest absolute Gasteiger partial charge is 0.186 e. The number of anilines is 1. The average molecular weight is 263 g/mol. The summed E-state index contributed by atoms with van der Waals surface area (Å²) in [5, 5.41) is 12.1. The van der Waals surface area contributed by atoms with E-state index in [9.17, 15) is 5.21 Å². The lowest BCUT2D eigenvalue weighted by Crippen LogP contribution is -2.37. The first-order valence-corrected chi connectivity index (χ1v) is 6.57. The summed E-state index contributed by atoms with van der Waals surface area (Å²) in [6.07, 6.45) is 3.38. The minimum absolute atomic E-state index is 0.446. The van der Waals surface area contributed by atoms with Crippen LogP contribution in [0.1, 0.15) is 26.3 Å². The minimum Gasteiger partial charge on any atom is -0.623 e. The molecule has 1 saturated heterocycles. The van der Waals surface area contributed by atoms with Crippen molar-refractivity contribution in [3.05, 3.63) is 29.1 Å². The van der Waals surface area contributed by atoms with Crippen molar-refractivity contribution in [1.82, 2.24) is 4.98 Å². The highest BCUT2D eigenvalue weighted by Crippen LogP contribution is 2.17. The van der Waals surface area contributed by atoms with Gasteiger partial charge >= 0.3 is 0 Å². The first-order valence-electron chi connectivity index (χ1n) is 6.57. The van der Waals surface area contributed by atoms with Crippen molar-refractivity contribution >= 4 is 12.0 Å². The van der Waals surface area contributed by atoms with Crippen LogP contribution in [0.3, 0.4) is 0 Å². The van der Waals surface area contributed by atoms with Crippen LogP contribution in [-0.4, -0.2) is 47.8 Å². The second kappa shape index (κ2) is 5.57. The SMILES string of the molecule is CC(C)(C)[N+]([O-])=Cc1cccnc1N1CCOCC1. The highest BCUT2D eigenvalue weighted by molar-refractivity contribution is 5.83. The highest BCUT2D eigenvalue weighted by Gasteiger charge is 2.21. The van der Waals surface area contributed by atoms with Gasteiger partial charge in [-0.15, -0.1) is 0 Å². The maximum Gasteiger partial charge on any atom is 0.186 e. The lowest BCUT2D eigenvalue weighted by molar-refractivity contribution is -0.530. The van der Waals surface area contributed by atoms with Crippen molar-refractivity contribution in [1.29, 1.82) is 0 Å². The average Bonchev–Trinajstić information content (AvgIpc) is 2.39. The van der Waals surface area contributed by atoms with E-state index in [2.05, 4.69) is 9.88 Å². The van der Waals surface area contributed by atoms with E-state index in [4.69, 9.17) is 4.74 Å². The van der Waals surface area contributed by atoms with Gasteiger partial charge in [-0.25, -0.2) is 9.72 Å². The van der Waals surface area contributed by atoms with Crippen LogP contribution in [0.5, 0.6) is 0 Å².